The molecular weight excluding hydrogens is 342 g/mol. The van der Waals surface area contributed by atoms with Crippen molar-refractivity contribution < 1.29 is 14.0 Å². The summed E-state index contributed by atoms with van der Waals surface area (Å²) in [5.41, 5.74) is 0.843. The third-order valence-corrected chi connectivity index (χ3v) is 10.5. The molecule has 1 aliphatic heterocycles. The number of carbonyl (C=O) groups excluding carboxylic acids is 1. The van der Waals surface area contributed by atoms with Crippen LogP contribution in [0, 0.1) is 0 Å². The van der Waals surface area contributed by atoms with Gasteiger partial charge in [-0.3, -0.25) is 0 Å². The Bertz CT molecular complexity index is 611. The first-order valence-corrected chi connectivity index (χ1v) is 12.5. The highest BCUT2D eigenvalue weighted by Crippen LogP contribution is 2.42. The highest BCUT2D eigenvalue weighted by molar-refractivity contribution is 6.74. The molecule has 1 aliphatic rings. The number of hydrogen-bond acceptors (Lipinski definition) is 3. The van der Waals surface area contributed by atoms with Crippen molar-refractivity contribution in [2.45, 2.75) is 83.8 Å². The van der Waals surface area contributed by atoms with Gasteiger partial charge in [0.2, 0.25) is 0 Å². The zero-order chi connectivity index (χ0) is 19.6. The lowest BCUT2D eigenvalue weighted by molar-refractivity contribution is -0.0192. The number of ether oxygens (including phenoxy) is 1. The molecule has 0 radical (unpaired) electrons. The van der Waals surface area contributed by atoms with E-state index in [9.17, 15) is 4.79 Å². The van der Waals surface area contributed by atoms with Gasteiger partial charge in [-0.2, -0.15) is 0 Å². The highest BCUT2D eigenvalue weighted by Gasteiger charge is 2.46. The third kappa shape index (κ3) is 5.10. The summed E-state index contributed by atoms with van der Waals surface area (Å²) < 4.78 is 12.2. The van der Waals surface area contributed by atoms with E-state index in [1.165, 1.54) is 0 Å². The van der Waals surface area contributed by atoms with Crippen LogP contribution in [0.25, 0.3) is 0 Å². The molecule has 26 heavy (non-hydrogen) atoms. The van der Waals surface area contributed by atoms with Crippen LogP contribution in [-0.2, 0) is 15.8 Å². The van der Waals surface area contributed by atoms with Gasteiger partial charge in [-0.15, -0.1) is 0 Å². The van der Waals surface area contributed by atoms with Crippen molar-refractivity contribution in [3.63, 3.8) is 0 Å². The van der Waals surface area contributed by atoms with Crippen molar-refractivity contribution in [2.24, 2.45) is 0 Å². The molecule has 1 unspecified atom stereocenters. The lowest BCUT2D eigenvalue weighted by Crippen LogP contribution is -2.56. The maximum Gasteiger partial charge on any atom is 0.410 e. The first-order chi connectivity index (χ1) is 11.9. The van der Waals surface area contributed by atoms with Crippen molar-refractivity contribution in [2.75, 3.05) is 6.54 Å². The predicted octanol–water partition coefficient (Wildman–Crippen LogP) is 5.59. The number of benzene rings is 1. The van der Waals surface area contributed by atoms with E-state index in [4.69, 9.17) is 9.16 Å². The Morgan fingerprint density at radius 3 is 2.42 bits per heavy atom. The number of carbonyl (C=O) groups is 1. The van der Waals surface area contributed by atoms with E-state index >= 15 is 0 Å². The van der Waals surface area contributed by atoms with Gasteiger partial charge in [0, 0.05) is 12.6 Å². The number of rotatable bonds is 4. The minimum atomic E-state index is -1.84. The Labute approximate surface area is 160 Å². The number of nitrogens with zero attached hydrogens (tertiary/aromatic N) is 1. The maximum absolute atomic E-state index is 12.5. The van der Waals surface area contributed by atoms with Crippen LogP contribution in [0.1, 0.15) is 53.0 Å². The Morgan fingerprint density at radius 2 is 1.88 bits per heavy atom. The summed E-state index contributed by atoms with van der Waals surface area (Å²) in [6.07, 6.45) is 1.47. The molecule has 0 bridgehead atoms. The molecule has 0 aromatic heterocycles. The smallest absolute Gasteiger partial charge is 0.410 e. The summed E-state index contributed by atoms with van der Waals surface area (Å²) in [7, 11) is -1.84. The molecule has 1 heterocycles. The Kier molecular flexibility index (Phi) is 6.23. The molecule has 0 saturated carbocycles. The second kappa shape index (κ2) is 7.73. The lowest BCUT2D eigenvalue weighted by atomic mass is 9.89. The normalized spacial score (nSPS) is 24.4. The van der Waals surface area contributed by atoms with Crippen molar-refractivity contribution in [3.8, 4) is 0 Å². The molecule has 0 spiro atoms. The van der Waals surface area contributed by atoms with E-state index in [0.717, 1.165) is 18.4 Å². The minimum absolute atomic E-state index is 0.113. The second-order valence-corrected chi connectivity index (χ2v) is 14.1. The van der Waals surface area contributed by atoms with E-state index in [1.54, 1.807) is 0 Å². The number of likely N-dealkylation sites (tertiary alicyclic amines) is 1. The minimum Gasteiger partial charge on any atom is -0.445 e. The van der Waals surface area contributed by atoms with E-state index in [2.05, 4.69) is 47.7 Å². The molecule has 4 nitrogen and oxygen atoms in total. The van der Waals surface area contributed by atoms with E-state index < -0.39 is 8.32 Å². The number of amides is 1. The Morgan fingerprint density at radius 1 is 1.27 bits per heavy atom. The van der Waals surface area contributed by atoms with E-state index in [1.807, 2.05) is 35.2 Å². The lowest BCUT2D eigenvalue weighted by Gasteiger charge is -2.49. The van der Waals surface area contributed by atoms with Crippen LogP contribution < -0.4 is 0 Å². The highest BCUT2D eigenvalue weighted by atomic mass is 28.4. The molecule has 2 atom stereocenters. The average Bonchev–Trinajstić information content (AvgIpc) is 2.51. The van der Waals surface area contributed by atoms with Gasteiger partial charge in [-0.05, 0) is 50.4 Å². The van der Waals surface area contributed by atoms with Crippen molar-refractivity contribution in [1.29, 1.82) is 0 Å². The van der Waals surface area contributed by atoms with Gasteiger partial charge >= 0.3 is 6.09 Å². The van der Waals surface area contributed by atoms with Crippen LogP contribution in [0.4, 0.5) is 4.79 Å². The summed E-state index contributed by atoms with van der Waals surface area (Å²) in [4.78, 5) is 14.4. The molecular formula is C21H35NO3Si. The van der Waals surface area contributed by atoms with Crippen LogP contribution >= 0.6 is 0 Å². The fraction of sp³-hybridized carbons (Fsp3) is 0.667. The second-order valence-electron chi connectivity index (χ2n) is 9.35. The van der Waals surface area contributed by atoms with Gasteiger partial charge in [-0.25, -0.2) is 4.79 Å². The topological polar surface area (TPSA) is 38.8 Å². The quantitative estimate of drug-likeness (QED) is 0.642. The molecule has 1 aromatic rings. The number of hydrogen-bond donors (Lipinski definition) is 0. The zero-order valence-corrected chi connectivity index (χ0v) is 18.5. The van der Waals surface area contributed by atoms with Crippen molar-refractivity contribution in [1.82, 2.24) is 4.90 Å². The van der Waals surface area contributed by atoms with E-state index in [0.29, 0.717) is 13.2 Å². The van der Waals surface area contributed by atoms with Crippen LogP contribution in [0.15, 0.2) is 30.3 Å². The van der Waals surface area contributed by atoms with Gasteiger partial charge in [0.25, 0.3) is 0 Å². The molecule has 1 amide bonds. The zero-order valence-electron chi connectivity index (χ0n) is 17.5. The monoisotopic (exact) mass is 377 g/mol. The third-order valence-electron chi connectivity index (χ3n) is 5.89. The van der Waals surface area contributed by atoms with Crippen molar-refractivity contribution >= 4 is 14.4 Å². The molecule has 1 saturated heterocycles. The standard InChI is InChI=1S/C21H35NO3Si/c1-17-15-21(5,25-26(6,7)20(2,3)4)13-14-22(17)19(23)24-16-18-11-9-8-10-12-18/h8-12,17H,13-16H2,1-7H3/t17-,21?/m1/s1. The summed E-state index contributed by atoms with van der Waals surface area (Å²) in [5.74, 6) is 0. The summed E-state index contributed by atoms with van der Waals surface area (Å²) in [6.45, 7) is 16.7. The summed E-state index contributed by atoms with van der Waals surface area (Å²) in [5, 5.41) is 0.186. The SMILES string of the molecule is C[C@@H]1CC(C)(O[Si](C)(C)C(C)(C)C)CCN1C(=O)OCc1ccccc1. The largest absolute Gasteiger partial charge is 0.445 e. The first-order valence-electron chi connectivity index (χ1n) is 9.61. The van der Waals surface area contributed by atoms with E-state index in [-0.39, 0.29) is 22.8 Å². The Balaban J connectivity index is 1.93. The maximum atomic E-state index is 12.5. The number of piperidine rings is 1. The molecule has 0 N–H and O–H groups in total. The first kappa shape index (κ1) is 21.0. The summed E-state index contributed by atoms with van der Waals surface area (Å²) >= 11 is 0. The Hall–Kier alpha value is -1.33. The van der Waals surface area contributed by atoms with Crippen LogP contribution in [0.2, 0.25) is 18.1 Å². The molecule has 1 aromatic carbocycles. The molecule has 1 fully saturated rings. The van der Waals surface area contributed by atoms with Gasteiger partial charge in [0.1, 0.15) is 6.61 Å². The molecule has 5 heteroatoms. The van der Waals surface area contributed by atoms with Crippen LogP contribution in [-0.4, -0.2) is 37.5 Å². The van der Waals surface area contributed by atoms with Crippen molar-refractivity contribution in [3.05, 3.63) is 35.9 Å². The van der Waals surface area contributed by atoms with Gasteiger partial charge in [-0.1, -0.05) is 51.1 Å². The van der Waals surface area contributed by atoms with Gasteiger partial charge < -0.3 is 14.1 Å². The van der Waals surface area contributed by atoms with Gasteiger partial charge in [0.05, 0.1) is 5.60 Å². The molecule has 2 rings (SSSR count). The average molecular weight is 378 g/mol. The van der Waals surface area contributed by atoms with Crippen LogP contribution in [0.3, 0.4) is 0 Å². The molecule has 146 valence electrons. The molecule has 0 aliphatic carbocycles. The fourth-order valence-electron chi connectivity index (χ4n) is 3.35. The van der Waals surface area contributed by atoms with Gasteiger partial charge in [0.15, 0.2) is 8.32 Å². The summed E-state index contributed by atoms with van der Waals surface area (Å²) in [6, 6.07) is 9.92. The van der Waals surface area contributed by atoms with Crippen LogP contribution in [0.5, 0.6) is 0 Å². The fourth-order valence-corrected chi connectivity index (χ4v) is 5.07. The predicted molar refractivity (Wildman–Crippen MR) is 109 cm³/mol.